The van der Waals surface area contributed by atoms with Crippen LogP contribution < -0.4 is 10.1 Å². The molecule has 0 aliphatic rings. The zero-order valence-electron chi connectivity index (χ0n) is 25.0. The minimum atomic E-state index is -2.36. The number of hydrogen-bond donors (Lipinski definition) is 1. The summed E-state index contributed by atoms with van der Waals surface area (Å²) in [4.78, 5) is 47.9. The number of carbonyl (C=O) groups excluding carboxylic acids is 4. The zero-order chi connectivity index (χ0) is 32.8. The molecule has 1 N–H and O–H groups in total. The molecule has 9 nitrogen and oxygen atoms in total. The van der Waals surface area contributed by atoms with E-state index in [4.69, 9.17) is 9.47 Å². The highest BCUT2D eigenvalue weighted by molar-refractivity contribution is 5.94. The van der Waals surface area contributed by atoms with E-state index in [9.17, 15) is 41.1 Å². The summed E-state index contributed by atoms with van der Waals surface area (Å²) in [6, 6.07) is 0. The predicted octanol–water partition coefficient (Wildman–Crippen LogP) is 4.90. The summed E-state index contributed by atoms with van der Waals surface area (Å²) in [7, 11) is 0. The minimum Gasteiger partial charge on any atom is -0.420 e. The first-order valence-electron chi connectivity index (χ1n) is 13.7. The van der Waals surface area contributed by atoms with Crippen LogP contribution in [0.4, 0.5) is 22.0 Å². The molecule has 0 radical (unpaired) electrons. The molecule has 0 unspecified atom stereocenters. The first-order valence-corrected chi connectivity index (χ1v) is 13.7. The Morgan fingerprint density at radius 2 is 1.40 bits per heavy atom. The van der Waals surface area contributed by atoms with E-state index in [1.54, 1.807) is 40.7 Å². The summed E-state index contributed by atoms with van der Waals surface area (Å²) >= 11 is 0. The van der Waals surface area contributed by atoms with Crippen LogP contribution in [0.2, 0.25) is 0 Å². The van der Waals surface area contributed by atoms with E-state index in [0.717, 1.165) is 4.90 Å². The van der Waals surface area contributed by atoms with Crippen molar-refractivity contribution in [3.63, 3.8) is 0 Å². The average molecular weight is 623 g/mol. The van der Waals surface area contributed by atoms with Crippen molar-refractivity contribution >= 4 is 24.2 Å². The molecule has 0 atom stereocenters. The van der Waals surface area contributed by atoms with E-state index in [2.05, 4.69) is 10.1 Å². The Labute approximate surface area is 247 Å². The first-order chi connectivity index (χ1) is 20.0. The van der Waals surface area contributed by atoms with Gasteiger partial charge in [0.1, 0.15) is 0 Å². The number of amides is 3. The van der Waals surface area contributed by atoms with Gasteiger partial charge in [0.2, 0.25) is 47.2 Å². The Morgan fingerprint density at radius 1 is 0.814 bits per heavy atom. The number of nitrogens with zero attached hydrogens (tertiary/aromatic N) is 1. The maximum atomic E-state index is 13.7. The van der Waals surface area contributed by atoms with Gasteiger partial charge < -0.3 is 19.5 Å². The van der Waals surface area contributed by atoms with Gasteiger partial charge in [-0.15, -0.1) is 0 Å². The molecule has 0 fully saturated rings. The molecule has 0 heterocycles. The predicted molar refractivity (Wildman–Crippen MR) is 145 cm³/mol. The lowest BCUT2D eigenvalue weighted by Crippen LogP contribution is -2.41. The van der Waals surface area contributed by atoms with Crippen molar-refractivity contribution in [3.8, 4) is 5.75 Å². The Bertz CT molecular complexity index is 1130. The van der Waals surface area contributed by atoms with Crippen LogP contribution in [0.1, 0.15) is 73.1 Å². The molecule has 1 aromatic rings. The molecule has 0 aliphatic heterocycles. The van der Waals surface area contributed by atoms with E-state index in [1.165, 1.54) is 6.08 Å². The van der Waals surface area contributed by atoms with Gasteiger partial charge >= 0.3 is 5.97 Å². The van der Waals surface area contributed by atoms with Crippen molar-refractivity contribution in [2.24, 2.45) is 0 Å². The smallest absolute Gasteiger partial charge is 0.313 e. The number of allylic oxidation sites excluding steroid dienone is 1. The van der Waals surface area contributed by atoms with Crippen molar-refractivity contribution in [1.29, 1.82) is 0 Å². The number of imide groups is 1. The van der Waals surface area contributed by atoms with Crippen molar-refractivity contribution < 1.29 is 55.3 Å². The normalized spacial score (nSPS) is 12.0. The molecule has 0 aliphatic carbocycles. The fourth-order valence-electron chi connectivity index (χ4n) is 3.54. The Hall–Kier alpha value is -3.39. The van der Waals surface area contributed by atoms with E-state index >= 15 is 0 Å². The summed E-state index contributed by atoms with van der Waals surface area (Å²) in [5.41, 5.74) is -1.54. The Morgan fingerprint density at radius 3 is 1.98 bits per heavy atom. The largest absolute Gasteiger partial charge is 0.420 e. The molecular formula is C29H39F5N2O7. The maximum Gasteiger partial charge on any atom is 0.313 e. The third-order valence-corrected chi connectivity index (χ3v) is 6.12. The lowest BCUT2D eigenvalue weighted by Gasteiger charge is -2.30. The van der Waals surface area contributed by atoms with Gasteiger partial charge in [-0.1, -0.05) is 12.5 Å². The lowest BCUT2D eigenvalue weighted by atomic mass is 10.1. The monoisotopic (exact) mass is 622 g/mol. The molecule has 14 heteroatoms. The van der Waals surface area contributed by atoms with E-state index in [0.29, 0.717) is 32.1 Å². The van der Waals surface area contributed by atoms with Crippen LogP contribution in [-0.4, -0.2) is 66.6 Å². The second kappa shape index (κ2) is 17.7. The zero-order valence-corrected chi connectivity index (χ0v) is 25.0. The Kier molecular flexibility index (Phi) is 15.5. The highest BCUT2D eigenvalue weighted by atomic mass is 19.2. The minimum absolute atomic E-state index is 0.171. The second-order valence-corrected chi connectivity index (χ2v) is 10.8. The molecule has 0 spiro atoms. The highest BCUT2D eigenvalue weighted by Gasteiger charge is 2.29. The summed E-state index contributed by atoms with van der Waals surface area (Å²) in [6.07, 6.45) is 5.26. The van der Waals surface area contributed by atoms with Gasteiger partial charge in [0.25, 0.3) is 5.91 Å². The number of carbonyl (C=O) groups is 4. The summed E-state index contributed by atoms with van der Waals surface area (Å²) in [5.74, 6) is -14.8. The quantitative estimate of drug-likeness (QED) is 0.0342. The van der Waals surface area contributed by atoms with Crippen molar-refractivity contribution in [1.82, 2.24) is 10.2 Å². The van der Waals surface area contributed by atoms with E-state index in [-0.39, 0.29) is 44.5 Å². The van der Waals surface area contributed by atoms with Gasteiger partial charge in [0.05, 0.1) is 30.8 Å². The molecule has 43 heavy (non-hydrogen) atoms. The Balaban J connectivity index is 2.34. The van der Waals surface area contributed by atoms with Crippen LogP contribution in [0, 0.1) is 29.1 Å². The van der Waals surface area contributed by atoms with Gasteiger partial charge in [-0.25, -0.2) is 13.2 Å². The fraction of sp³-hybridized carbons (Fsp3) is 0.586. The summed E-state index contributed by atoms with van der Waals surface area (Å²) in [5, 5.41) is 2.80. The molecule has 1 aromatic carbocycles. The number of halogens is 5. The molecule has 242 valence electrons. The molecule has 0 bridgehead atoms. The van der Waals surface area contributed by atoms with Gasteiger partial charge in [-0.05, 0) is 60.0 Å². The number of benzene rings is 1. The van der Waals surface area contributed by atoms with E-state index < -0.39 is 58.4 Å². The number of hydrogen-bond acceptors (Lipinski definition) is 7. The maximum absolute atomic E-state index is 13.7. The van der Waals surface area contributed by atoms with E-state index in [1.807, 2.05) is 0 Å². The number of unbranched alkanes of at least 4 members (excludes halogenated alkanes) is 2. The highest BCUT2D eigenvalue weighted by Crippen LogP contribution is 2.29. The third-order valence-electron chi connectivity index (χ3n) is 6.12. The number of rotatable bonds is 19. The van der Waals surface area contributed by atoms with Gasteiger partial charge in [-0.3, -0.25) is 24.1 Å². The van der Waals surface area contributed by atoms with Gasteiger partial charge in [0.15, 0.2) is 0 Å². The second-order valence-electron chi connectivity index (χ2n) is 10.8. The third kappa shape index (κ3) is 13.2. The molecule has 0 saturated carbocycles. The van der Waals surface area contributed by atoms with Gasteiger partial charge in [-0.2, -0.15) is 8.78 Å². The average Bonchev–Trinajstić information content (AvgIpc) is 2.93. The molecule has 1 rings (SSSR count). The van der Waals surface area contributed by atoms with Gasteiger partial charge in [0, 0.05) is 19.5 Å². The molecule has 0 aromatic heterocycles. The summed E-state index contributed by atoms with van der Waals surface area (Å²) < 4.78 is 82.8. The lowest BCUT2D eigenvalue weighted by molar-refractivity contribution is -0.138. The van der Waals surface area contributed by atoms with Crippen LogP contribution >= 0.6 is 0 Å². The summed E-state index contributed by atoms with van der Waals surface area (Å²) in [6.45, 7) is 9.10. The standard InChI is InChI=1S/C29H39F5N2O7/c1-6-10-20(39)36(18-37)14-9-7-8-11-19(38)35-17-29(4,5)42-16-13-28(2,3)41-15-12-21(40)43-27-25(33)23(31)22(30)24(32)26(27)34/h6,10,18H,7-9,11-17H2,1-5H3,(H,35,38)/b10-6-. The fourth-order valence-corrected chi connectivity index (χ4v) is 3.54. The van der Waals surface area contributed by atoms with Crippen molar-refractivity contribution in [3.05, 3.63) is 41.2 Å². The van der Waals surface area contributed by atoms with Crippen LogP contribution in [0.25, 0.3) is 0 Å². The molecular weight excluding hydrogens is 583 g/mol. The number of ether oxygens (including phenoxy) is 3. The van der Waals surface area contributed by atoms with Crippen LogP contribution in [0.5, 0.6) is 5.75 Å². The molecule has 3 amide bonds. The van der Waals surface area contributed by atoms with Crippen LogP contribution in [-0.2, 0) is 28.7 Å². The number of esters is 1. The van der Waals surface area contributed by atoms with Crippen molar-refractivity contribution in [2.75, 3.05) is 26.3 Å². The topological polar surface area (TPSA) is 111 Å². The number of nitrogens with one attached hydrogen (secondary N) is 1. The molecule has 0 saturated heterocycles. The van der Waals surface area contributed by atoms with Crippen molar-refractivity contribution in [2.45, 2.75) is 84.3 Å². The first kappa shape index (κ1) is 37.6. The van der Waals surface area contributed by atoms with Crippen LogP contribution in [0.15, 0.2) is 12.2 Å². The van der Waals surface area contributed by atoms with Crippen LogP contribution in [0.3, 0.4) is 0 Å². The SMILES string of the molecule is C/C=C\C(=O)N(C=O)CCCCCC(=O)NCC(C)(C)OCCC(C)(C)OCCC(=O)Oc1c(F)c(F)c(F)c(F)c1F.